The Bertz CT molecular complexity index is 422. The number of amidine groups is 1. The predicted molar refractivity (Wildman–Crippen MR) is 68.6 cm³/mol. The van der Waals surface area contributed by atoms with E-state index in [4.69, 9.17) is 10.9 Å². The highest BCUT2D eigenvalue weighted by Gasteiger charge is 2.20. The Morgan fingerprint density at radius 1 is 1.59 bits per heavy atom. The fourth-order valence-corrected chi connectivity index (χ4v) is 2.07. The van der Waals surface area contributed by atoms with Gasteiger partial charge in [-0.15, -0.1) is 0 Å². The van der Waals surface area contributed by atoms with Crippen molar-refractivity contribution in [1.29, 1.82) is 0 Å². The van der Waals surface area contributed by atoms with E-state index in [9.17, 15) is 0 Å². The van der Waals surface area contributed by atoms with E-state index in [1.807, 2.05) is 21.0 Å². The van der Waals surface area contributed by atoms with Crippen LogP contribution in [-0.4, -0.2) is 34.4 Å². The van der Waals surface area contributed by atoms with Crippen LogP contribution in [0.25, 0.3) is 0 Å². The molecule has 0 radical (unpaired) electrons. The van der Waals surface area contributed by atoms with Crippen molar-refractivity contribution in [3.05, 3.63) is 11.3 Å². The lowest BCUT2D eigenvalue weighted by atomic mass is 10.2. The van der Waals surface area contributed by atoms with E-state index in [-0.39, 0.29) is 5.84 Å². The van der Waals surface area contributed by atoms with Crippen molar-refractivity contribution < 1.29 is 5.21 Å². The number of aryl methyl sites for hydroxylation is 2. The summed E-state index contributed by atoms with van der Waals surface area (Å²) < 4.78 is 1.76. The van der Waals surface area contributed by atoms with Crippen molar-refractivity contribution in [3.63, 3.8) is 0 Å². The van der Waals surface area contributed by atoms with Gasteiger partial charge in [-0.1, -0.05) is 19.0 Å². The number of hydrogen-bond acceptors (Lipinski definition) is 4. The maximum Gasteiger partial charge on any atom is 0.175 e. The van der Waals surface area contributed by atoms with Crippen molar-refractivity contribution in [1.82, 2.24) is 9.78 Å². The number of hydrogen-bond donors (Lipinski definition) is 2. The molecule has 1 aromatic heterocycles. The molecule has 0 aromatic carbocycles. The van der Waals surface area contributed by atoms with Crippen LogP contribution in [0.3, 0.4) is 0 Å². The lowest BCUT2D eigenvalue weighted by molar-refractivity contribution is 0.318. The average Bonchev–Trinajstić information content (AvgIpc) is 2.51. The number of nitrogens with two attached hydrogens (primary N) is 1. The molecule has 1 heterocycles. The molecule has 0 bridgehead atoms. The first-order chi connectivity index (χ1) is 7.88. The zero-order valence-corrected chi connectivity index (χ0v) is 11.1. The third kappa shape index (κ3) is 2.69. The summed E-state index contributed by atoms with van der Waals surface area (Å²) in [4.78, 5) is 2.07. The van der Waals surface area contributed by atoms with E-state index in [1.165, 1.54) is 0 Å². The van der Waals surface area contributed by atoms with Gasteiger partial charge in [-0.3, -0.25) is 4.68 Å². The summed E-state index contributed by atoms with van der Waals surface area (Å²) in [6, 6.07) is 0. The van der Waals surface area contributed by atoms with Crippen LogP contribution in [0.5, 0.6) is 0 Å². The number of rotatable bonds is 4. The Hall–Kier alpha value is -1.72. The lowest BCUT2D eigenvalue weighted by Crippen LogP contribution is -2.27. The van der Waals surface area contributed by atoms with Crippen LogP contribution < -0.4 is 10.6 Å². The summed E-state index contributed by atoms with van der Waals surface area (Å²) in [7, 11) is 3.83. The standard InChI is InChI=1S/C11H21N5O/c1-7(2)6-15(4)11-9(10(12)14-17)8(3)13-16(11)5/h7,17H,6H2,1-5H3,(H2,12,14). The third-order valence-corrected chi connectivity index (χ3v) is 2.56. The number of nitrogens with zero attached hydrogens (tertiary/aromatic N) is 4. The van der Waals surface area contributed by atoms with Gasteiger partial charge < -0.3 is 15.8 Å². The summed E-state index contributed by atoms with van der Waals surface area (Å²) in [6.07, 6.45) is 0. The molecule has 0 atom stereocenters. The van der Waals surface area contributed by atoms with E-state index in [0.717, 1.165) is 18.1 Å². The Morgan fingerprint density at radius 3 is 2.65 bits per heavy atom. The molecule has 0 spiro atoms. The van der Waals surface area contributed by atoms with Crippen LogP contribution in [0.1, 0.15) is 25.1 Å². The minimum Gasteiger partial charge on any atom is -0.409 e. The van der Waals surface area contributed by atoms with Gasteiger partial charge in [-0.05, 0) is 12.8 Å². The van der Waals surface area contributed by atoms with E-state index in [1.54, 1.807) is 4.68 Å². The van der Waals surface area contributed by atoms with Crippen molar-refractivity contribution in [2.75, 3.05) is 18.5 Å². The van der Waals surface area contributed by atoms with Gasteiger partial charge in [0.15, 0.2) is 5.84 Å². The highest BCUT2D eigenvalue weighted by atomic mass is 16.4. The molecular weight excluding hydrogens is 218 g/mol. The highest BCUT2D eigenvalue weighted by molar-refractivity contribution is 6.02. The topological polar surface area (TPSA) is 79.7 Å². The molecule has 1 rings (SSSR count). The van der Waals surface area contributed by atoms with Crippen LogP contribution in [-0.2, 0) is 7.05 Å². The van der Waals surface area contributed by atoms with Crippen LogP contribution >= 0.6 is 0 Å². The van der Waals surface area contributed by atoms with Gasteiger partial charge in [0, 0.05) is 20.6 Å². The SMILES string of the molecule is Cc1nn(C)c(N(C)CC(C)C)c1C(N)=NO. The monoisotopic (exact) mass is 239 g/mol. The van der Waals surface area contributed by atoms with Crippen molar-refractivity contribution >= 4 is 11.7 Å². The second-order valence-electron chi connectivity index (χ2n) is 4.67. The van der Waals surface area contributed by atoms with E-state index in [0.29, 0.717) is 11.5 Å². The second-order valence-corrected chi connectivity index (χ2v) is 4.67. The molecule has 17 heavy (non-hydrogen) atoms. The molecule has 0 aliphatic heterocycles. The molecule has 0 saturated carbocycles. The molecule has 0 amide bonds. The van der Waals surface area contributed by atoms with Crippen LogP contribution in [0, 0.1) is 12.8 Å². The summed E-state index contributed by atoms with van der Waals surface area (Å²) in [6.45, 7) is 7.01. The average molecular weight is 239 g/mol. The van der Waals surface area contributed by atoms with E-state index >= 15 is 0 Å². The fourth-order valence-electron chi connectivity index (χ4n) is 2.07. The van der Waals surface area contributed by atoms with Gasteiger partial charge in [0.1, 0.15) is 5.82 Å². The van der Waals surface area contributed by atoms with Gasteiger partial charge in [0.05, 0.1) is 11.3 Å². The van der Waals surface area contributed by atoms with Gasteiger partial charge >= 0.3 is 0 Å². The molecule has 6 nitrogen and oxygen atoms in total. The van der Waals surface area contributed by atoms with Gasteiger partial charge in [-0.25, -0.2) is 0 Å². The van der Waals surface area contributed by atoms with Gasteiger partial charge in [-0.2, -0.15) is 5.10 Å². The molecule has 0 fully saturated rings. The molecule has 1 aromatic rings. The molecule has 0 aliphatic carbocycles. The third-order valence-electron chi connectivity index (χ3n) is 2.56. The van der Waals surface area contributed by atoms with Crippen molar-refractivity contribution in [2.24, 2.45) is 23.9 Å². The predicted octanol–water partition coefficient (Wildman–Crippen LogP) is 0.915. The van der Waals surface area contributed by atoms with Gasteiger partial charge in [0.2, 0.25) is 0 Å². The Labute approximate surface area is 102 Å². The normalized spacial score (nSPS) is 12.2. The summed E-state index contributed by atoms with van der Waals surface area (Å²) >= 11 is 0. The van der Waals surface area contributed by atoms with Crippen LogP contribution in [0.15, 0.2) is 5.16 Å². The maximum atomic E-state index is 8.82. The smallest absolute Gasteiger partial charge is 0.175 e. The molecule has 0 saturated heterocycles. The summed E-state index contributed by atoms with van der Waals surface area (Å²) in [5.41, 5.74) is 7.15. The molecule has 3 N–H and O–H groups in total. The number of aromatic nitrogens is 2. The molecular formula is C11H21N5O. The first-order valence-corrected chi connectivity index (χ1v) is 5.61. The quantitative estimate of drug-likeness (QED) is 0.354. The first kappa shape index (κ1) is 13.3. The Morgan fingerprint density at radius 2 is 2.18 bits per heavy atom. The Balaban J connectivity index is 3.22. The van der Waals surface area contributed by atoms with Crippen LogP contribution in [0.2, 0.25) is 0 Å². The zero-order valence-electron chi connectivity index (χ0n) is 11.1. The minimum absolute atomic E-state index is 0.0983. The first-order valence-electron chi connectivity index (χ1n) is 5.61. The summed E-state index contributed by atoms with van der Waals surface area (Å²) in [5, 5.41) is 16.2. The van der Waals surface area contributed by atoms with E-state index < -0.39 is 0 Å². The molecule has 6 heteroatoms. The molecule has 0 unspecified atom stereocenters. The Kier molecular flexibility index (Phi) is 3.98. The number of anilines is 1. The number of oxime groups is 1. The zero-order chi connectivity index (χ0) is 13.2. The van der Waals surface area contributed by atoms with E-state index in [2.05, 4.69) is 29.0 Å². The van der Waals surface area contributed by atoms with Crippen LogP contribution in [0.4, 0.5) is 5.82 Å². The highest BCUT2D eigenvalue weighted by Crippen LogP contribution is 2.22. The summed E-state index contributed by atoms with van der Waals surface area (Å²) in [5.74, 6) is 1.49. The van der Waals surface area contributed by atoms with Crippen molar-refractivity contribution in [3.8, 4) is 0 Å². The second kappa shape index (κ2) is 5.07. The minimum atomic E-state index is 0.0983. The molecule has 0 aliphatic rings. The largest absolute Gasteiger partial charge is 0.409 e. The van der Waals surface area contributed by atoms with Gasteiger partial charge in [0.25, 0.3) is 0 Å². The fraction of sp³-hybridized carbons (Fsp3) is 0.636. The lowest BCUT2D eigenvalue weighted by Gasteiger charge is -2.22. The molecule has 96 valence electrons. The van der Waals surface area contributed by atoms with Crippen molar-refractivity contribution in [2.45, 2.75) is 20.8 Å². The maximum absolute atomic E-state index is 8.82.